The van der Waals surface area contributed by atoms with Gasteiger partial charge in [0, 0.05) is 30.3 Å². The Balaban J connectivity index is 1.35. The summed E-state index contributed by atoms with van der Waals surface area (Å²) in [6.07, 6.45) is 11.1. The first kappa shape index (κ1) is 26.6. The number of amides is 1. The third kappa shape index (κ3) is 5.87. The molecule has 1 N–H and O–H groups in total. The minimum atomic E-state index is -0.0947. The van der Waals surface area contributed by atoms with Gasteiger partial charge >= 0.3 is 0 Å². The lowest BCUT2D eigenvalue weighted by atomic mass is 9.48. The molecule has 0 saturated heterocycles. The minimum Gasteiger partial charge on any atom is -0.467 e. The zero-order valence-corrected chi connectivity index (χ0v) is 22.5. The maximum absolute atomic E-state index is 13.3. The van der Waals surface area contributed by atoms with E-state index in [2.05, 4.69) is 11.4 Å². The molecule has 4 fully saturated rings. The molecule has 202 valence electrons. The van der Waals surface area contributed by atoms with Gasteiger partial charge < -0.3 is 19.5 Å². The van der Waals surface area contributed by atoms with Crippen molar-refractivity contribution in [1.29, 1.82) is 0 Å². The Morgan fingerprint density at radius 1 is 0.947 bits per heavy atom. The highest BCUT2D eigenvalue weighted by Crippen LogP contribution is 2.62. The summed E-state index contributed by atoms with van der Waals surface area (Å²) < 4.78 is 16.8. The van der Waals surface area contributed by atoms with Crippen molar-refractivity contribution in [3.63, 3.8) is 0 Å². The molecule has 0 aliphatic heterocycles. The fraction of sp³-hybridized carbons (Fsp3) is 0.500. The Kier molecular flexibility index (Phi) is 8.29. The van der Waals surface area contributed by atoms with Crippen LogP contribution in [0.4, 0.5) is 0 Å². The molecule has 0 radical (unpaired) electrons. The topological polar surface area (TPSA) is 73.9 Å². The van der Waals surface area contributed by atoms with E-state index < -0.39 is 0 Å². The molecule has 6 heteroatoms. The van der Waals surface area contributed by atoms with Gasteiger partial charge in [-0.05, 0) is 111 Å². The molecule has 6 nitrogen and oxygen atoms in total. The molecular formula is C32H39NO5. The molecule has 0 spiro atoms. The van der Waals surface area contributed by atoms with E-state index in [9.17, 15) is 9.59 Å². The Labute approximate surface area is 225 Å². The Bertz CT molecular complexity index is 1130. The molecule has 4 saturated carbocycles. The number of hydrogen-bond donors (Lipinski definition) is 1. The van der Waals surface area contributed by atoms with Crippen molar-refractivity contribution >= 4 is 17.8 Å². The van der Waals surface area contributed by atoms with E-state index in [-0.39, 0.29) is 23.9 Å². The quantitative estimate of drug-likeness (QED) is 0.167. The molecule has 2 aromatic rings. The molecule has 4 aliphatic carbocycles. The number of nitrogens with one attached hydrogen (secondary N) is 1. The van der Waals surface area contributed by atoms with Crippen molar-refractivity contribution in [3.05, 3.63) is 70.8 Å². The predicted octanol–water partition coefficient (Wildman–Crippen LogP) is 5.80. The number of ketones is 1. The molecule has 4 aliphatic rings. The number of methoxy groups -OCH3 is 1. The SMILES string of the molecule is CCNC(=O)c1ccc(/C=C/C(=O)c2ccc(OCOCCOC)c(C34CC5CC(CC(C5)C3)C4)c2)cc1. The Hall–Kier alpha value is -2.96. The van der Waals surface area contributed by atoms with Crippen LogP contribution in [0.5, 0.6) is 5.75 Å². The molecule has 2 aromatic carbocycles. The number of carbonyl (C=O) groups excluding carboxylic acids is 2. The van der Waals surface area contributed by atoms with Crippen LogP contribution in [0, 0.1) is 17.8 Å². The Morgan fingerprint density at radius 3 is 2.24 bits per heavy atom. The summed E-state index contributed by atoms with van der Waals surface area (Å²) in [5.74, 6) is 3.07. The number of carbonyl (C=O) groups is 2. The fourth-order valence-electron chi connectivity index (χ4n) is 7.25. The summed E-state index contributed by atoms with van der Waals surface area (Å²) in [5, 5.41) is 2.80. The van der Waals surface area contributed by atoms with Crippen LogP contribution in [-0.4, -0.2) is 45.4 Å². The first-order chi connectivity index (χ1) is 18.5. The summed E-state index contributed by atoms with van der Waals surface area (Å²) in [7, 11) is 1.65. The summed E-state index contributed by atoms with van der Waals surface area (Å²) in [6, 6.07) is 13.2. The van der Waals surface area contributed by atoms with Crippen LogP contribution < -0.4 is 10.1 Å². The molecule has 0 aromatic heterocycles. The van der Waals surface area contributed by atoms with Crippen LogP contribution in [0.3, 0.4) is 0 Å². The fourth-order valence-corrected chi connectivity index (χ4v) is 7.25. The lowest BCUT2D eigenvalue weighted by molar-refractivity contribution is -0.0189. The zero-order valence-electron chi connectivity index (χ0n) is 22.5. The number of ether oxygens (including phenoxy) is 3. The van der Waals surface area contributed by atoms with Gasteiger partial charge in [0.2, 0.25) is 0 Å². The zero-order chi connectivity index (χ0) is 26.5. The number of allylic oxidation sites excluding steroid dienone is 1. The maximum atomic E-state index is 13.3. The van der Waals surface area contributed by atoms with Gasteiger partial charge in [-0.3, -0.25) is 9.59 Å². The lowest BCUT2D eigenvalue weighted by Gasteiger charge is -2.57. The highest BCUT2D eigenvalue weighted by molar-refractivity contribution is 6.07. The van der Waals surface area contributed by atoms with Crippen molar-refractivity contribution in [1.82, 2.24) is 5.32 Å². The standard InChI is InChI=1S/C32H39NO5/c1-3-33-31(35)26-7-4-22(5-8-26)6-10-29(34)27-9-11-30(38-21-37-13-12-36-2)28(17-27)32-18-23-14-24(19-32)16-25(15-23)20-32/h4-11,17,23-25H,3,12-16,18-21H2,1-2H3,(H,33,35)/b10-6+. The minimum absolute atomic E-state index is 0.0355. The summed E-state index contributed by atoms with van der Waals surface area (Å²) >= 11 is 0. The first-order valence-electron chi connectivity index (χ1n) is 13.9. The maximum Gasteiger partial charge on any atom is 0.251 e. The number of hydrogen-bond acceptors (Lipinski definition) is 5. The van der Waals surface area contributed by atoms with Crippen molar-refractivity contribution < 1.29 is 23.8 Å². The van der Waals surface area contributed by atoms with E-state index in [0.29, 0.717) is 30.9 Å². The second-order valence-corrected chi connectivity index (χ2v) is 11.3. The van der Waals surface area contributed by atoms with E-state index >= 15 is 0 Å². The monoisotopic (exact) mass is 517 g/mol. The highest BCUT2D eigenvalue weighted by atomic mass is 16.7. The van der Waals surface area contributed by atoms with Gasteiger partial charge in [0.05, 0.1) is 13.2 Å². The van der Waals surface area contributed by atoms with Gasteiger partial charge in [0.25, 0.3) is 5.91 Å². The van der Waals surface area contributed by atoms with Crippen LogP contribution in [0.25, 0.3) is 6.08 Å². The van der Waals surface area contributed by atoms with Gasteiger partial charge in [-0.15, -0.1) is 0 Å². The second kappa shape index (κ2) is 11.8. The molecule has 1 amide bonds. The van der Waals surface area contributed by atoms with Gasteiger partial charge in [-0.2, -0.15) is 0 Å². The molecule has 0 atom stereocenters. The molecule has 6 rings (SSSR count). The van der Waals surface area contributed by atoms with Crippen LogP contribution in [0.15, 0.2) is 48.5 Å². The van der Waals surface area contributed by atoms with E-state index in [1.165, 1.54) is 44.1 Å². The van der Waals surface area contributed by atoms with E-state index in [0.717, 1.165) is 29.1 Å². The van der Waals surface area contributed by atoms with Crippen LogP contribution in [-0.2, 0) is 14.9 Å². The molecule has 0 unspecified atom stereocenters. The predicted molar refractivity (Wildman–Crippen MR) is 147 cm³/mol. The summed E-state index contributed by atoms with van der Waals surface area (Å²) in [5.41, 5.74) is 3.43. The van der Waals surface area contributed by atoms with Gasteiger partial charge in [-0.25, -0.2) is 0 Å². The molecule has 4 bridgehead atoms. The van der Waals surface area contributed by atoms with Crippen LogP contribution in [0.1, 0.15) is 77.3 Å². The smallest absolute Gasteiger partial charge is 0.251 e. The van der Waals surface area contributed by atoms with Crippen LogP contribution >= 0.6 is 0 Å². The third-order valence-electron chi connectivity index (χ3n) is 8.54. The van der Waals surface area contributed by atoms with Crippen molar-refractivity contribution in [3.8, 4) is 5.75 Å². The van der Waals surface area contributed by atoms with Gasteiger partial charge in [0.1, 0.15) is 5.75 Å². The Morgan fingerprint density at radius 2 is 1.61 bits per heavy atom. The summed E-state index contributed by atoms with van der Waals surface area (Å²) in [4.78, 5) is 25.3. The normalized spacial score (nSPS) is 25.6. The molecule has 0 heterocycles. The number of rotatable bonds is 12. The largest absolute Gasteiger partial charge is 0.467 e. The van der Waals surface area contributed by atoms with Gasteiger partial charge in [0.15, 0.2) is 12.6 Å². The van der Waals surface area contributed by atoms with Crippen molar-refractivity contribution in [2.45, 2.75) is 50.9 Å². The van der Waals surface area contributed by atoms with E-state index in [1.807, 2.05) is 37.3 Å². The molecular weight excluding hydrogens is 478 g/mol. The van der Waals surface area contributed by atoms with E-state index in [4.69, 9.17) is 14.2 Å². The first-order valence-corrected chi connectivity index (χ1v) is 13.9. The summed E-state index contributed by atoms with van der Waals surface area (Å²) in [6.45, 7) is 3.66. The van der Waals surface area contributed by atoms with E-state index in [1.54, 1.807) is 25.3 Å². The number of benzene rings is 2. The van der Waals surface area contributed by atoms with Crippen molar-refractivity contribution in [2.24, 2.45) is 17.8 Å². The third-order valence-corrected chi connectivity index (χ3v) is 8.54. The lowest BCUT2D eigenvalue weighted by Crippen LogP contribution is -2.48. The average molecular weight is 518 g/mol. The molecule has 38 heavy (non-hydrogen) atoms. The van der Waals surface area contributed by atoms with Gasteiger partial charge in [-0.1, -0.05) is 18.2 Å². The second-order valence-electron chi connectivity index (χ2n) is 11.3. The van der Waals surface area contributed by atoms with Crippen LogP contribution in [0.2, 0.25) is 0 Å². The van der Waals surface area contributed by atoms with Crippen molar-refractivity contribution in [2.75, 3.05) is 33.7 Å². The highest BCUT2D eigenvalue weighted by Gasteiger charge is 2.52. The average Bonchev–Trinajstić information content (AvgIpc) is 2.91.